The number of unbranched alkanes of at least 4 members (excludes halogenated alkanes) is 1. The highest BCUT2D eigenvalue weighted by Crippen LogP contribution is 2.15. The van der Waals surface area contributed by atoms with E-state index in [0.29, 0.717) is 6.61 Å². The second-order valence-corrected chi connectivity index (χ2v) is 5.91. The molecule has 3 rings (SSSR count). The summed E-state index contributed by atoms with van der Waals surface area (Å²) in [7, 11) is 0. The molecule has 0 N–H and O–H groups in total. The number of nitrogens with zero attached hydrogens (tertiary/aromatic N) is 3. The van der Waals surface area contributed by atoms with Crippen molar-refractivity contribution >= 4 is 5.69 Å². The van der Waals surface area contributed by atoms with Gasteiger partial charge in [-0.3, -0.25) is 4.90 Å². The lowest BCUT2D eigenvalue weighted by Crippen LogP contribution is -2.46. The topological polar surface area (TPSA) is 41.7 Å². The molecule has 1 aromatic carbocycles. The minimum absolute atomic E-state index is 0.548. The number of piperazine rings is 1. The van der Waals surface area contributed by atoms with Gasteiger partial charge in [0, 0.05) is 44.5 Å². The first kappa shape index (κ1) is 23.2. The normalized spacial score (nSPS) is 14.0. The molecular formula is C22H37N3O2. The van der Waals surface area contributed by atoms with Crippen molar-refractivity contribution < 1.29 is 9.26 Å². The summed E-state index contributed by atoms with van der Waals surface area (Å²) in [6.07, 6.45) is 3.86. The molecule has 0 unspecified atom stereocenters. The molecule has 1 aromatic heterocycles. The Kier molecular flexibility index (Phi) is 13.1. The minimum Gasteiger partial charge on any atom is -0.375 e. The summed E-state index contributed by atoms with van der Waals surface area (Å²) in [5.41, 5.74) is 2.20. The van der Waals surface area contributed by atoms with Crippen LogP contribution in [0.4, 0.5) is 5.69 Å². The van der Waals surface area contributed by atoms with Crippen LogP contribution in [0.3, 0.4) is 0 Å². The van der Waals surface area contributed by atoms with Gasteiger partial charge in [-0.15, -0.1) is 0 Å². The van der Waals surface area contributed by atoms with Gasteiger partial charge in [-0.1, -0.05) is 51.1 Å². The molecular weight excluding hydrogens is 338 g/mol. The van der Waals surface area contributed by atoms with E-state index in [4.69, 9.17) is 9.26 Å². The SMILES string of the molecule is CC.CC.c1ccc(N2CCN(CCCCOCc3ccon3)CC2)cc1. The van der Waals surface area contributed by atoms with E-state index < -0.39 is 0 Å². The molecule has 0 aliphatic carbocycles. The van der Waals surface area contributed by atoms with Gasteiger partial charge >= 0.3 is 0 Å². The number of ether oxygens (including phenoxy) is 1. The Morgan fingerprint density at radius 1 is 0.926 bits per heavy atom. The quantitative estimate of drug-likeness (QED) is 0.617. The van der Waals surface area contributed by atoms with Crippen molar-refractivity contribution in [3.8, 4) is 0 Å². The lowest BCUT2D eigenvalue weighted by atomic mass is 10.2. The van der Waals surface area contributed by atoms with Gasteiger partial charge in [0.1, 0.15) is 12.0 Å². The third-order valence-corrected chi connectivity index (χ3v) is 4.25. The molecule has 27 heavy (non-hydrogen) atoms. The Labute approximate surface area is 165 Å². The fourth-order valence-electron chi connectivity index (χ4n) is 2.90. The van der Waals surface area contributed by atoms with E-state index in [1.54, 1.807) is 6.26 Å². The van der Waals surface area contributed by atoms with Crippen LogP contribution in [0.25, 0.3) is 0 Å². The Hall–Kier alpha value is -1.85. The second kappa shape index (κ2) is 15.2. The molecule has 0 spiro atoms. The predicted octanol–water partition coefficient (Wildman–Crippen LogP) is 4.85. The number of anilines is 1. The smallest absolute Gasteiger partial charge is 0.124 e. The fourth-order valence-corrected chi connectivity index (χ4v) is 2.90. The number of benzene rings is 1. The fraction of sp³-hybridized carbons (Fsp3) is 0.591. The summed E-state index contributed by atoms with van der Waals surface area (Å²) >= 11 is 0. The van der Waals surface area contributed by atoms with Crippen LogP contribution in [0, 0.1) is 0 Å². The van der Waals surface area contributed by atoms with Crippen molar-refractivity contribution in [2.45, 2.75) is 47.1 Å². The van der Waals surface area contributed by atoms with Crippen LogP contribution in [-0.4, -0.2) is 49.4 Å². The zero-order valence-electron chi connectivity index (χ0n) is 17.6. The minimum atomic E-state index is 0.548. The first-order valence-electron chi connectivity index (χ1n) is 10.4. The first-order valence-corrected chi connectivity index (χ1v) is 10.4. The maximum atomic E-state index is 5.59. The zero-order valence-corrected chi connectivity index (χ0v) is 17.6. The van der Waals surface area contributed by atoms with Crippen molar-refractivity contribution in [2.75, 3.05) is 44.2 Å². The van der Waals surface area contributed by atoms with E-state index in [9.17, 15) is 0 Å². The number of para-hydroxylation sites is 1. The van der Waals surface area contributed by atoms with Gasteiger partial charge in [-0.2, -0.15) is 0 Å². The van der Waals surface area contributed by atoms with E-state index in [1.807, 2.05) is 33.8 Å². The Bertz CT molecular complexity index is 538. The Morgan fingerprint density at radius 2 is 1.63 bits per heavy atom. The Balaban J connectivity index is 0.000000855. The second-order valence-electron chi connectivity index (χ2n) is 5.91. The highest BCUT2D eigenvalue weighted by molar-refractivity contribution is 5.46. The maximum absolute atomic E-state index is 5.59. The molecule has 0 atom stereocenters. The third kappa shape index (κ3) is 9.07. The van der Waals surface area contributed by atoms with Gasteiger partial charge in [0.25, 0.3) is 0 Å². The number of hydrogen-bond donors (Lipinski definition) is 0. The van der Waals surface area contributed by atoms with E-state index in [2.05, 4.69) is 45.3 Å². The van der Waals surface area contributed by atoms with Crippen molar-refractivity contribution in [3.63, 3.8) is 0 Å². The molecule has 152 valence electrons. The van der Waals surface area contributed by atoms with Crippen LogP contribution in [0.2, 0.25) is 0 Å². The number of hydrogen-bond acceptors (Lipinski definition) is 5. The van der Waals surface area contributed by atoms with Crippen molar-refractivity contribution in [1.29, 1.82) is 0 Å². The van der Waals surface area contributed by atoms with Crippen molar-refractivity contribution in [1.82, 2.24) is 10.1 Å². The third-order valence-electron chi connectivity index (χ3n) is 4.25. The summed E-state index contributed by atoms with van der Waals surface area (Å²) < 4.78 is 10.4. The highest BCUT2D eigenvalue weighted by Gasteiger charge is 2.16. The van der Waals surface area contributed by atoms with E-state index in [0.717, 1.165) is 51.4 Å². The molecule has 5 heteroatoms. The maximum Gasteiger partial charge on any atom is 0.124 e. The van der Waals surface area contributed by atoms with Gasteiger partial charge in [0.2, 0.25) is 0 Å². The summed E-state index contributed by atoms with van der Waals surface area (Å²) in [6.45, 7) is 15.0. The largest absolute Gasteiger partial charge is 0.375 e. The monoisotopic (exact) mass is 375 g/mol. The summed E-state index contributed by atoms with van der Waals surface area (Å²) in [5.74, 6) is 0. The summed E-state index contributed by atoms with van der Waals surface area (Å²) in [6, 6.07) is 12.5. The standard InChI is InChI=1S/C18H25N3O2.2C2H6/c1-2-6-18(7-3-1)21-12-10-20(11-13-21)9-4-5-14-22-16-17-8-15-23-19-17;2*1-2/h1-3,6-8,15H,4-5,9-14,16H2;2*1-2H3. The first-order chi connectivity index (χ1) is 13.4. The van der Waals surface area contributed by atoms with Gasteiger partial charge in [0.05, 0.1) is 6.61 Å². The Morgan fingerprint density at radius 3 is 2.26 bits per heavy atom. The molecule has 0 radical (unpaired) electrons. The molecule has 1 fully saturated rings. The van der Waals surface area contributed by atoms with E-state index >= 15 is 0 Å². The zero-order chi connectivity index (χ0) is 19.7. The summed E-state index contributed by atoms with van der Waals surface area (Å²) in [4.78, 5) is 5.02. The molecule has 1 aliphatic heterocycles. The van der Waals surface area contributed by atoms with Crippen LogP contribution in [0.15, 0.2) is 47.2 Å². The van der Waals surface area contributed by atoms with Gasteiger partial charge in [0.15, 0.2) is 0 Å². The molecule has 0 bridgehead atoms. The van der Waals surface area contributed by atoms with E-state index in [-0.39, 0.29) is 0 Å². The van der Waals surface area contributed by atoms with Crippen LogP contribution >= 0.6 is 0 Å². The predicted molar refractivity (Wildman–Crippen MR) is 113 cm³/mol. The van der Waals surface area contributed by atoms with Gasteiger partial charge in [-0.05, 0) is 31.5 Å². The summed E-state index contributed by atoms with van der Waals surface area (Å²) in [5, 5.41) is 3.83. The lowest BCUT2D eigenvalue weighted by molar-refractivity contribution is 0.109. The molecule has 2 heterocycles. The molecule has 1 saturated heterocycles. The molecule has 2 aromatic rings. The van der Waals surface area contributed by atoms with Crippen LogP contribution < -0.4 is 4.90 Å². The molecule has 0 amide bonds. The molecule has 0 saturated carbocycles. The van der Waals surface area contributed by atoms with Crippen LogP contribution in [0.5, 0.6) is 0 Å². The van der Waals surface area contributed by atoms with Crippen LogP contribution in [-0.2, 0) is 11.3 Å². The van der Waals surface area contributed by atoms with Gasteiger partial charge in [-0.25, -0.2) is 0 Å². The van der Waals surface area contributed by atoms with Crippen molar-refractivity contribution in [2.24, 2.45) is 0 Å². The van der Waals surface area contributed by atoms with Gasteiger partial charge < -0.3 is 14.2 Å². The van der Waals surface area contributed by atoms with E-state index in [1.165, 1.54) is 12.1 Å². The average Bonchev–Trinajstić information content (AvgIpc) is 3.28. The molecule has 5 nitrogen and oxygen atoms in total. The van der Waals surface area contributed by atoms with Crippen LogP contribution in [0.1, 0.15) is 46.2 Å². The average molecular weight is 376 g/mol. The number of rotatable bonds is 8. The number of aromatic nitrogens is 1. The lowest BCUT2D eigenvalue weighted by Gasteiger charge is -2.36. The molecule has 1 aliphatic rings. The highest BCUT2D eigenvalue weighted by atomic mass is 16.5. The van der Waals surface area contributed by atoms with Crippen molar-refractivity contribution in [3.05, 3.63) is 48.4 Å².